The third-order valence-electron chi connectivity index (χ3n) is 6.85. The zero-order valence-corrected chi connectivity index (χ0v) is 20.2. The number of nitrogens with zero attached hydrogens (tertiary/aromatic N) is 4. The van der Waals surface area contributed by atoms with Gasteiger partial charge in [0.2, 0.25) is 5.91 Å². The van der Waals surface area contributed by atoms with Gasteiger partial charge in [0.25, 0.3) is 5.56 Å². The van der Waals surface area contributed by atoms with Crippen LogP contribution >= 0.6 is 11.8 Å². The summed E-state index contributed by atoms with van der Waals surface area (Å²) in [6.07, 6.45) is 4.73. The van der Waals surface area contributed by atoms with E-state index in [0.717, 1.165) is 51.7 Å². The summed E-state index contributed by atoms with van der Waals surface area (Å²) in [7, 11) is 0. The molecule has 0 spiro atoms. The molecule has 1 saturated heterocycles. The molecule has 182 valence electrons. The molecule has 2 aliphatic carbocycles. The van der Waals surface area contributed by atoms with Gasteiger partial charge in [-0.1, -0.05) is 42.1 Å². The van der Waals surface area contributed by atoms with E-state index in [2.05, 4.69) is 37.3 Å². The fourth-order valence-electron chi connectivity index (χ4n) is 4.77. The van der Waals surface area contributed by atoms with Crippen molar-refractivity contribution in [2.45, 2.75) is 61.7 Å². The number of aromatic nitrogens is 4. The standard InChI is InChI=1S/C25H28N6O3S/c32-19(26-17-10-11-30(13-17)12-15-4-2-1-3-5-15)14-35-24-20-22(27-21(28-24)16-6-7-16)31(18-8-9-18)25(34)29-23(20)33/h1-5,16-18H,6-14H2,(H,26,32)(H,29,33,34)/t17-/m1/s1. The molecule has 0 bridgehead atoms. The minimum absolute atomic E-state index is 0.0751. The van der Waals surface area contributed by atoms with Crippen LogP contribution in [0.25, 0.3) is 11.0 Å². The number of benzene rings is 1. The molecule has 9 nitrogen and oxygen atoms in total. The van der Waals surface area contributed by atoms with Crippen LogP contribution in [0.1, 0.15) is 55.5 Å². The number of rotatable bonds is 8. The molecule has 3 aliphatic rings. The molecule has 10 heteroatoms. The van der Waals surface area contributed by atoms with Crippen molar-refractivity contribution in [1.82, 2.24) is 29.7 Å². The number of nitrogens with one attached hydrogen (secondary N) is 2. The SMILES string of the molecule is O=C(CSc1nc(C2CC2)nc2c1c(=O)[nH]c(=O)n2C1CC1)N[C@@H]1CCN(Cc2ccccc2)C1. The number of carbonyl (C=O) groups excluding carboxylic acids is 1. The Balaban J connectivity index is 1.16. The third-order valence-corrected chi connectivity index (χ3v) is 7.82. The van der Waals surface area contributed by atoms with E-state index in [1.807, 2.05) is 18.2 Å². The Bertz CT molecular complexity index is 1380. The lowest BCUT2D eigenvalue weighted by Gasteiger charge is -2.17. The highest BCUT2D eigenvalue weighted by atomic mass is 32.2. The maximum atomic E-state index is 12.8. The number of H-pyrrole nitrogens is 1. The second-order valence-electron chi connectivity index (χ2n) is 9.78. The van der Waals surface area contributed by atoms with Crippen LogP contribution in [0.4, 0.5) is 0 Å². The van der Waals surface area contributed by atoms with Gasteiger partial charge in [0.15, 0.2) is 5.65 Å². The number of carbonyl (C=O) groups is 1. The Morgan fingerprint density at radius 1 is 1.09 bits per heavy atom. The molecule has 2 aromatic heterocycles. The second-order valence-corrected chi connectivity index (χ2v) is 10.7. The summed E-state index contributed by atoms with van der Waals surface area (Å²) in [6, 6.07) is 10.5. The fourth-order valence-corrected chi connectivity index (χ4v) is 5.61. The summed E-state index contributed by atoms with van der Waals surface area (Å²) in [5, 5.41) is 3.94. The predicted molar refractivity (Wildman–Crippen MR) is 134 cm³/mol. The number of likely N-dealkylation sites (tertiary alicyclic amines) is 1. The highest BCUT2D eigenvalue weighted by Gasteiger charge is 2.32. The predicted octanol–water partition coefficient (Wildman–Crippen LogP) is 2.17. The van der Waals surface area contributed by atoms with Crippen LogP contribution < -0.4 is 16.6 Å². The van der Waals surface area contributed by atoms with E-state index >= 15 is 0 Å². The molecule has 3 fully saturated rings. The number of hydrogen-bond donors (Lipinski definition) is 2. The summed E-state index contributed by atoms with van der Waals surface area (Å²) in [6.45, 7) is 2.65. The molecule has 6 rings (SSSR count). The first kappa shape index (κ1) is 22.5. The molecular formula is C25H28N6O3S. The van der Waals surface area contributed by atoms with Gasteiger partial charge in [-0.2, -0.15) is 0 Å². The molecule has 2 N–H and O–H groups in total. The minimum atomic E-state index is -0.487. The molecule has 1 atom stereocenters. The van der Waals surface area contributed by atoms with Gasteiger partial charge in [-0.05, 0) is 37.7 Å². The van der Waals surface area contributed by atoms with Crippen LogP contribution in [-0.4, -0.2) is 55.2 Å². The van der Waals surface area contributed by atoms with Crippen molar-refractivity contribution in [2.75, 3.05) is 18.8 Å². The average molecular weight is 493 g/mol. The number of amides is 1. The number of fused-ring (bicyclic) bond motifs is 1. The van der Waals surface area contributed by atoms with E-state index in [-0.39, 0.29) is 29.7 Å². The third kappa shape index (κ3) is 4.90. The second kappa shape index (κ2) is 9.23. The summed E-state index contributed by atoms with van der Waals surface area (Å²) in [4.78, 5) is 52.2. The lowest BCUT2D eigenvalue weighted by Crippen LogP contribution is -2.38. The lowest BCUT2D eigenvalue weighted by molar-refractivity contribution is -0.119. The first-order chi connectivity index (χ1) is 17.0. The Hall–Kier alpha value is -2.98. The molecule has 1 aliphatic heterocycles. The molecule has 0 radical (unpaired) electrons. The topological polar surface area (TPSA) is 113 Å². The van der Waals surface area contributed by atoms with E-state index in [1.165, 1.54) is 17.3 Å². The van der Waals surface area contributed by atoms with Gasteiger partial charge >= 0.3 is 5.69 Å². The van der Waals surface area contributed by atoms with Crippen LogP contribution in [0.3, 0.4) is 0 Å². The quantitative estimate of drug-likeness (QED) is 0.366. The van der Waals surface area contributed by atoms with Gasteiger partial charge in [0.05, 0.1) is 5.75 Å². The van der Waals surface area contributed by atoms with E-state index in [4.69, 9.17) is 0 Å². The smallest absolute Gasteiger partial charge is 0.330 e. The van der Waals surface area contributed by atoms with Crippen molar-refractivity contribution >= 4 is 28.7 Å². The van der Waals surface area contributed by atoms with Crippen LogP contribution in [0.2, 0.25) is 0 Å². The molecule has 1 aromatic carbocycles. The largest absolute Gasteiger partial charge is 0.351 e. The van der Waals surface area contributed by atoms with Crippen molar-refractivity contribution in [2.24, 2.45) is 0 Å². The Morgan fingerprint density at radius 2 is 1.89 bits per heavy atom. The van der Waals surface area contributed by atoms with E-state index in [1.54, 1.807) is 4.57 Å². The zero-order chi connectivity index (χ0) is 23.9. The van der Waals surface area contributed by atoms with Crippen LogP contribution in [0.15, 0.2) is 44.9 Å². The van der Waals surface area contributed by atoms with Crippen molar-refractivity contribution in [3.05, 3.63) is 62.6 Å². The van der Waals surface area contributed by atoms with Crippen molar-refractivity contribution < 1.29 is 4.79 Å². The first-order valence-corrected chi connectivity index (χ1v) is 13.3. The molecule has 0 unspecified atom stereocenters. The van der Waals surface area contributed by atoms with Gasteiger partial charge in [-0.15, -0.1) is 0 Å². The van der Waals surface area contributed by atoms with Gasteiger partial charge in [0, 0.05) is 37.6 Å². The molecule has 3 heterocycles. The van der Waals surface area contributed by atoms with Crippen molar-refractivity contribution in [3.63, 3.8) is 0 Å². The van der Waals surface area contributed by atoms with Crippen LogP contribution in [-0.2, 0) is 11.3 Å². The van der Waals surface area contributed by atoms with Crippen LogP contribution in [0.5, 0.6) is 0 Å². The first-order valence-electron chi connectivity index (χ1n) is 12.3. The monoisotopic (exact) mass is 492 g/mol. The summed E-state index contributed by atoms with van der Waals surface area (Å²) in [5.74, 6) is 1.03. The maximum Gasteiger partial charge on any atom is 0.330 e. The summed E-state index contributed by atoms with van der Waals surface area (Å²) < 4.78 is 1.61. The number of hydrogen-bond acceptors (Lipinski definition) is 7. The molecular weight excluding hydrogens is 464 g/mol. The van der Waals surface area contributed by atoms with Gasteiger partial charge in [-0.3, -0.25) is 24.0 Å². The maximum absolute atomic E-state index is 12.8. The average Bonchev–Trinajstić information content (AvgIpc) is 3.77. The summed E-state index contributed by atoms with van der Waals surface area (Å²) in [5.41, 5.74) is 0.778. The summed E-state index contributed by atoms with van der Waals surface area (Å²) >= 11 is 1.25. The van der Waals surface area contributed by atoms with E-state index in [9.17, 15) is 14.4 Å². The normalized spacial score (nSPS) is 20.4. The molecule has 2 saturated carbocycles. The van der Waals surface area contributed by atoms with E-state index in [0.29, 0.717) is 21.9 Å². The number of aromatic amines is 1. The highest BCUT2D eigenvalue weighted by molar-refractivity contribution is 8.00. The van der Waals surface area contributed by atoms with E-state index < -0.39 is 11.2 Å². The van der Waals surface area contributed by atoms with Crippen molar-refractivity contribution in [1.29, 1.82) is 0 Å². The minimum Gasteiger partial charge on any atom is -0.351 e. The Morgan fingerprint density at radius 3 is 2.63 bits per heavy atom. The lowest BCUT2D eigenvalue weighted by atomic mass is 10.2. The van der Waals surface area contributed by atoms with Crippen molar-refractivity contribution in [3.8, 4) is 0 Å². The van der Waals surface area contributed by atoms with Gasteiger partial charge in [0.1, 0.15) is 16.2 Å². The Labute approximate surface area is 206 Å². The molecule has 35 heavy (non-hydrogen) atoms. The molecule has 3 aromatic rings. The molecule has 1 amide bonds. The fraction of sp³-hybridized carbons (Fsp3) is 0.480. The zero-order valence-electron chi connectivity index (χ0n) is 19.4. The van der Waals surface area contributed by atoms with Crippen LogP contribution in [0, 0.1) is 0 Å². The highest BCUT2D eigenvalue weighted by Crippen LogP contribution is 2.40. The number of thioether (sulfide) groups is 1. The van der Waals surface area contributed by atoms with Gasteiger partial charge < -0.3 is 5.32 Å². The van der Waals surface area contributed by atoms with Gasteiger partial charge in [-0.25, -0.2) is 14.8 Å². The Kier molecular flexibility index (Phi) is 5.93.